The van der Waals surface area contributed by atoms with E-state index in [1.165, 1.54) is 0 Å². The van der Waals surface area contributed by atoms with Gasteiger partial charge in [0.15, 0.2) is 5.96 Å². The van der Waals surface area contributed by atoms with Crippen molar-refractivity contribution in [2.24, 2.45) is 4.99 Å². The van der Waals surface area contributed by atoms with Crippen LogP contribution in [0.3, 0.4) is 0 Å². The van der Waals surface area contributed by atoms with Gasteiger partial charge in [0.2, 0.25) is 0 Å². The van der Waals surface area contributed by atoms with Crippen LogP contribution >= 0.6 is 24.0 Å². The van der Waals surface area contributed by atoms with E-state index < -0.39 is 0 Å². The zero-order chi connectivity index (χ0) is 16.7. The minimum atomic E-state index is 0. The normalized spacial score (nSPS) is 10.9. The van der Waals surface area contributed by atoms with E-state index in [1.54, 1.807) is 14.2 Å². The summed E-state index contributed by atoms with van der Waals surface area (Å²) < 4.78 is 10.5. The number of hydrogen-bond donors (Lipinski definition) is 2. The van der Waals surface area contributed by atoms with Crippen LogP contribution in [-0.2, 0) is 13.0 Å². The molecule has 1 aromatic heterocycles. The number of nitrogens with one attached hydrogen (secondary N) is 2. The standard InChI is InChI=1S/C17H24N4O2.HI/c1-12-15(13(2)23-21-12)9-10-19-17(18-3)20-11-14-7-5-6-8-16(14)22-4;/h5-8H,9-11H2,1-4H3,(H2,18,19,20);1H. The number of aryl methyl sites for hydroxylation is 2. The molecule has 0 fully saturated rings. The average molecular weight is 444 g/mol. The van der Waals surface area contributed by atoms with Crippen molar-refractivity contribution in [1.29, 1.82) is 0 Å². The van der Waals surface area contributed by atoms with E-state index >= 15 is 0 Å². The predicted molar refractivity (Wildman–Crippen MR) is 106 cm³/mol. The molecule has 2 aromatic rings. The largest absolute Gasteiger partial charge is 0.496 e. The van der Waals surface area contributed by atoms with Crippen LogP contribution in [0.15, 0.2) is 33.8 Å². The maximum atomic E-state index is 5.35. The molecular weight excluding hydrogens is 419 g/mol. The average Bonchev–Trinajstić information content (AvgIpc) is 2.89. The molecule has 1 aromatic carbocycles. The Bertz CT molecular complexity index is 651. The minimum absolute atomic E-state index is 0. The lowest BCUT2D eigenvalue weighted by Crippen LogP contribution is -2.38. The van der Waals surface area contributed by atoms with Gasteiger partial charge in [-0.1, -0.05) is 23.4 Å². The van der Waals surface area contributed by atoms with Crippen LogP contribution in [0.25, 0.3) is 0 Å². The lowest BCUT2D eigenvalue weighted by atomic mass is 10.1. The van der Waals surface area contributed by atoms with Crippen LogP contribution in [0.4, 0.5) is 0 Å². The maximum Gasteiger partial charge on any atom is 0.191 e. The second-order valence-electron chi connectivity index (χ2n) is 5.22. The SMILES string of the molecule is CN=C(NCCc1c(C)noc1C)NCc1ccccc1OC.I. The van der Waals surface area contributed by atoms with E-state index in [-0.39, 0.29) is 24.0 Å². The Labute approximate surface area is 160 Å². The Balaban J connectivity index is 0.00000288. The number of aromatic nitrogens is 1. The van der Waals surface area contributed by atoms with E-state index in [2.05, 4.69) is 20.8 Å². The van der Waals surface area contributed by atoms with E-state index in [0.29, 0.717) is 6.54 Å². The van der Waals surface area contributed by atoms with Crippen molar-refractivity contribution in [3.8, 4) is 5.75 Å². The molecule has 0 radical (unpaired) electrons. The van der Waals surface area contributed by atoms with Gasteiger partial charge in [-0.15, -0.1) is 24.0 Å². The Morgan fingerprint density at radius 2 is 2.00 bits per heavy atom. The first-order chi connectivity index (χ1) is 11.2. The molecule has 1 heterocycles. The smallest absolute Gasteiger partial charge is 0.191 e. The summed E-state index contributed by atoms with van der Waals surface area (Å²) >= 11 is 0. The van der Waals surface area contributed by atoms with Crippen molar-refractivity contribution in [2.75, 3.05) is 20.7 Å². The van der Waals surface area contributed by atoms with Gasteiger partial charge in [-0.05, 0) is 26.3 Å². The lowest BCUT2D eigenvalue weighted by molar-refractivity contribution is 0.392. The predicted octanol–water partition coefficient (Wildman–Crippen LogP) is 2.83. The van der Waals surface area contributed by atoms with E-state index in [9.17, 15) is 0 Å². The summed E-state index contributed by atoms with van der Waals surface area (Å²) in [6.07, 6.45) is 0.844. The summed E-state index contributed by atoms with van der Waals surface area (Å²) in [7, 11) is 3.43. The fourth-order valence-electron chi connectivity index (χ4n) is 2.41. The van der Waals surface area contributed by atoms with E-state index in [4.69, 9.17) is 9.26 Å². The van der Waals surface area contributed by atoms with Gasteiger partial charge >= 0.3 is 0 Å². The van der Waals surface area contributed by atoms with Crippen LogP contribution < -0.4 is 15.4 Å². The molecule has 2 rings (SSSR count). The topological polar surface area (TPSA) is 71.7 Å². The second kappa shape index (κ2) is 10.2. The molecule has 132 valence electrons. The minimum Gasteiger partial charge on any atom is -0.496 e. The molecule has 24 heavy (non-hydrogen) atoms. The summed E-state index contributed by atoms with van der Waals surface area (Å²) in [4.78, 5) is 4.24. The highest BCUT2D eigenvalue weighted by molar-refractivity contribution is 14.0. The third kappa shape index (κ3) is 5.40. The highest BCUT2D eigenvalue weighted by Gasteiger charge is 2.09. The first-order valence-electron chi connectivity index (χ1n) is 7.64. The van der Waals surface area contributed by atoms with Gasteiger partial charge in [-0.25, -0.2) is 0 Å². The van der Waals surface area contributed by atoms with Gasteiger partial charge < -0.3 is 19.9 Å². The number of aliphatic imine (C=N–C) groups is 1. The zero-order valence-electron chi connectivity index (χ0n) is 14.5. The first kappa shape index (κ1) is 20.3. The van der Waals surface area contributed by atoms with Crippen molar-refractivity contribution in [2.45, 2.75) is 26.8 Å². The van der Waals surface area contributed by atoms with Crippen LogP contribution in [0.5, 0.6) is 5.75 Å². The summed E-state index contributed by atoms with van der Waals surface area (Å²) in [5, 5.41) is 10.6. The molecule has 0 bridgehead atoms. The number of halogens is 1. The first-order valence-corrected chi connectivity index (χ1v) is 7.64. The Hall–Kier alpha value is -1.77. The lowest BCUT2D eigenvalue weighted by Gasteiger charge is -2.13. The van der Waals surface area contributed by atoms with Gasteiger partial charge in [0.1, 0.15) is 11.5 Å². The van der Waals surface area contributed by atoms with Crippen molar-refractivity contribution in [3.05, 3.63) is 46.8 Å². The second-order valence-corrected chi connectivity index (χ2v) is 5.22. The maximum absolute atomic E-state index is 5.35. The Kier molecular flexibility index (Phi) is 8.59. The van der Waals surface area contributed by atoms with Crippen molar-refractivity contribution in [1.82, 2.24) is 15.8 Å². The van der Waals surface area contributed by atoms with Crippen LogP contribution in [0, 0.1) is 13.8 Å². The van der Waals surface area contributed by atoms with Gasteiger partial charge in [0.05, 0.1) is 12.8 Å². The molecule has 0 amide bonds. The Morgan fingerprint density at radius 1 is 1.25 bits per heavy atom. The van der Waals surface area contributed by atoms with Crippen molar-refractivity contribution >= 4 is 29.9 Å². The number of rotatable bonds is 6. The molecule has 0 saturated carbocycles. The number of guanidine groups is 1. The molecule has 7 heteroatoms. The Morgan fingerprint density at radius 3 is 2.62 bits per heavy atom. The molecule has 2 N–H and O–H groups in total. The number of nitrogens with zero attached hydrogens (tertiary/aromatic N) is 2. The van der Waals surface area contributed by atoms with Gasteiger partial charge in [-0.3, -0.25) is 4.99 Å². The summed E-state index contributed by atoms with van der Waals surface area (Å²) in [5.74, 6) is 2.50. The molecule has 0 saturated heterocycles. The van der Waals surface area contributed by atoms with Crippen LogP contribution in [0.2, 0.25) is 0 Å². The van der Waals surface area contributed by atoms with Crippen LogP contribution in [-0.4, -0.2) is 31.8 Å². The third-order valence-corrected chi connectivity index (χ3v) is 3.71. The number of benzene rings is 1. The monoisotopic (exact) mass is 444 g/mol. The van der Waals surface area contributed by atoms with E-state index in [0.717, 1.165) is 47.3 Å². The number of hydrogen-bond acceptors (Lipinski definition) is 4. The molecule has 6 nitrogen and oxygen atoms in total. The number of para-hydroxylation sites is 1. The van der Waals surface area contributed by atoms with Crippen molar-refractivity contribution < 1.29 is 9.26 Å². The quantitative estimate of drug-likeness (QED) is 0.408. The summed E-state index contributed by atoms with van der Waals surface area (Å²) in [6.45, 7) is 5.30. The summed E-state index contributed by atoms with van der Waals surface area (Å²) in [5.41, 5.74) is 3.18. The van der Waals surface area contributed by atoms with Gasteiger partial charge in [-0.2, -0.15) is 0 Å². The molecule has 0 aliphatic carbocycles. The highest BCUT2D eigenvalue weighted by Crippen LogP contribution is 2.16. The third-order valence-electron chi connectivity index (χ3n) is 3.71. The van der Waals surface area contributed by atoms with Crippen molar-refractivity contribution in [3.63, 3.8) is 0 Å². The molecular formula is C17H25IN4O2. The molecule has 0 unspecified atom stereocenters. The van der Waals surface area contributed by atoms with Gasteiger partial charge in [0, 0.05) is 31.3 Å². The van der Waals surface area contributed by atoms with Crippen LogP contribution in [0.1, 0.15) is 22.6 Å². The molecule has 0 aliphatic heterocycles. The number of methoxy groups -OCH3 is 1. The fraction of sp³-hybridized carbons (Fsp3) is 0.412. The van der Waals surface area contributed by atoms with E-state index in [1.807, 2.05) is 38.1 Å². The molecule has 0 atom stereocenters. The highest BCUT2D eigenvalue weighted by atomic mass is 127. The molecule has 0 spiro atoms. The molecule has 0 aliphatic rings. The summed E-state index contributed by atoms with van der Waals surface area (Å²) in [6, 6.07) is 7.93. The zero-order valence-corrected chi connectivity index (χ0v) is 16.9. The number of ether oxygens (including phenoxy) is 1. The van der Waals surface area contributed by atoms with Gasteiger partial charge in [0.25, 0.3) is 0 Å². The fourth-order valence-corrected chi connectivity index (χ4v) is 2.41.